The molecular weight excluding hydrogens is 298 g/mol. The molecule has 0 saturated carbocycles. The van der Waals surface area contributed by atoms with Crippen LogP contribution in [0.2, 0.25) is 5.02 Å². The summed E-state index contributed by atoms with van der Waals surface area (Å²) in [6, 6.07) is 6.05. The van der Waals surface area contributed by atoms with Crippen molar-refractivity contribution in [3.05, 3.63) is 29.3 Å². The molecule has 1 aromatic rings. The lowest BCUT2D eigenvalue weighted by Crippen LogP contribution is -2.52. The average molecular weight is 314 g/mol. The fourth-order valence-corrected chi connectivity index (χ4v) is 2.25. The van der Waals surface area contributed by atoms with E-state index in [-0.39, 0.29) is 32.1 Å². The molecule has 7 heteroatoms. The number of hydrogen-bond acceptors (Lipinski definition) is 4. The highest BCUT2D eigenvalue weighted by atomic mass is 35.5. The highest BCUT2D eigenvalue weighted by Crippen LogP contribution is 2.23. The van der Waals surface area contributed by atoms with Gasteiger partial charge in [-0.2, -0.15) is 0 Å². The zero-order valence-corrected chi connectivity index (χ0v) is 12.1. The molecule has 0 aromatic heterocycles. The zero-order valence-electron chi connectivity index (χ0n) is 11.3. The van der Waals surface area contributed by atoms with Crippen molar-refractivity contribution in [3.63, 3.8) is 0 Å². The Morgan fingerprint density at radius 2 is 2.19 bits per heavy atom. The van der Waals surface area contributed by atoms with Crippen molar-refractivity contribution in [3.8, 4) is 5.75 Å². The van der Waals surface area contributed by atoms with Crippen molar-refractivity contribution in [2.75, 3.05) is 26.4 Å². The van der Waals surface area contributed by atoms with Gasteiger partial charge in [-0.05, 0) is 12.1 Å². The van der Waals surface area contributed by atoms with Gasteiger partial charge < -0.3 is 19.5 Å². The van der Waals surface area contributed by atoms with Crippen LogP contribution in [0.3, 0.4) is 0 Å². The number of carbonyl (C=O) groups excluding carboxylic acids is 1. The Morgan fingerprint density at radius 3 is 2.90 bits per heavy atom. The number of aliphatic carboxylic acids is 1. The number of nitrogens with zero attached hydrogens (tertiary/aromatic N) is 1. The summed E-state index contributed by atoms with van der Waals surface area (Å²) in [5, 5.41) is 9.55. The first-order valence-corrected chi connectivity index (χ1v) is 6.94. The van der Waals surface area contributed by atoms with Crippen molar-refractivity contribution in [1.82, 2.24) is 4.90 Å². The van der Waals surface area contributed by atoms with E-state index < -0.39 is 12.0 Å². The number of halogens is 1. The number of rotatable bonds is 5. The second-order valence-electron chi connectivity index (χ2n) is 4.54. The van der Waals surface area contributed by atoms with E-state index in [1.807, 2.05) is 0 Å². The number of carboxylic acid groups (broad SMARTS) is 1. The van der Waals surface area contributed by atoms with Crippen molar-refractivity contribution >= 4 is 23.5 Å². The molecule has 1 aromatic carbocycles. The molecule has 1 aliphatic rings. The van der Waals surface area contributed by atoms with E-state index in [0.29, 0.717) is 17.4 Å². The lowest BCUT2D eigenvalue weighted by molar-refractivity contribution is -0.158. The fraction of sp³-hybridized carbons (Fsp3) is 0.429. The second-order valence-corrected chi connectivity index (χ2v) is 4.95. The first kappa shape index (κ1) is 15.6. The SMILES string of the molecule is O=C(O)[C@H]1COCCN1C(=O)CCOc1ccccc1Cl. The van der Waals surface area contributed by atoms with E-state index in [0.717, 1.165) is 0 Å². The molecule has 2 rings (SSSR count). The fourth-order valence-electron chi connectivity index (χ4n) is 2.06. The van der Waals surface area contributed by atoms with Crippen molar-refractivity contribution in [2.45, 2.75) is 12.5 Å². The lowest BCUT2D eigenvalue weighted by Gasteiger charge is -2.32. The topological polar surface area (TPSA) is 76.1 Å². The molecule has 0 aliphatic carbocycles. The maximum absolute atomic E-state index is 12.1. The van der Waals surface area contributed by atoms with E-state index in [2.05, 4.69) is 0 Å². The van der Waals surface area contributed by atoms with Crippen LogP contribution in [0.15, 0.2) is 24.3 Å². The molecule has 0 radical (unpaired) electrons. The van der Waals surface area contributed by atoms with Gasteiger partial charge in [0.1, 0.15) is 5.75 Å². The minimum absolute atomic E-state index is 0.0203. The van der Waals surface area contributed by atoms with Gasteiger partial charge in [0.05, 0.1) is 31.3 Å². The van der Waals surface area contributed by atoms with Gasteiger partial charge in [-0.1, -0.05) is 23.7 Å². The number of benzene rings is 1. The summed E-state index contributed by atoms with van der Waals surface area (Å²) in [4.78, 5) is 24.5. The van der Waals surface area contributed by atoms with Crippen LogP contribution in [0.1, 0.15) is 6.42 Å². The van der Waals surface area contributed by atoms with Gasteiger partial charge in [-0.25, -0.2) is 4.79 Å². The predicted octanol–water partition coefficient (Wildman–Crippen LogP) is 1.42. The number of morpholine rings is 1. The van der Waals surface area contributed by atoms with E-state index in [1.54, 1.807) is 24.3 Å². The number of ether oxygens (including phenoxy) is 2. The van der Waals surface area contributed by atoms with Crippen LogP contribution in [0.4, 0.5) is 0 Å². The van der Waals surface area contributed by atoms with Crippen molar-refractivity contribution in [2.24, 2.45) is 0 Å². The number of amides is 1. The first-order valence-electron chi connectivity index (χ1n) is 6.57. The summed E-state index contributed by atoms with van der Waals surface area (Å²) in [5.74, 6) is -0.823. The molecular formula is C14H16ClNO5. The largest absolute Gasteiger partial charge is 0.491 e. The number of carbonyl (C=O) groups is 2. The smallest absolute Gasteiger partial charge is 0.328 e. The van der Waals surface area contributed by atoms with Crippen LogP contribution in [-0.2, 0) is 14.3 Å². The molecule has 1 aliphatic heterocycles. The van der Waals surface area contributed by atoms with Gasteiger partial charge in [0.2, 0.25) is 5.91 Å². The number of carboxylic acids is 1. The molecule has 0 unspecified atom stereocenters. The summed E-state index contributed by atoms with van der Waals surface area (Å²) in [7, 11) is 0. The van der Waals surface area contributed by atoms with E-state index >= 15 is 0 Å². The summed E-state index contributed by atoms with van der Waals surface area (Å²) in [6.07, 6.45) is 0.0923. The quantitative estimate of drug-likeness (QED) is 0.889. The highest BCUT2D eigenvalue weighted by Gasteiger charge is 2.32. The van der Waals surface area contributed by atoms with Gasteiger partial charge in [-0.15, -0.1) is 0 Å². The maximum Gasteiger partial charge on any atom is 0.328 e. The third-order valence-electron chi connectivity index (χ3n) is 3.14. The van der Waals surface area contributed by atoms with Crippen LogP contribution >= 0.6 is 11.6 Å². The van der Waals surface area contributed by atoms with Crippen LogP contribution in [0.25, 0.3) is 0 Å². The van der Waals surface area contributed by atoms with Crippen LogP contribution in [-0.4, -0.2) is 54.3 Å². The Hall–Kier alpha value is -1.79. The monoisotopic (exact) mass is 313 g/mol. The Bertz CT molecular complexity index is 522. The van der Waals surface area contributed by atoms with Crippen molar-refractivity contribution < 1.29 is 24.2 Å². The predicted molar refractivity (Wildman–Crippen MR) is 75.5 cm³/mol. The molecule has 1 N–H and O–H groups in total. The third-order valence-corrected chi connectivity index (χ3v) is 3.46. The molecule has 114 valence electrons. The molecule has 1 fully saturated rings. The van der Waals surface area contributed by atoms with E-state index in [1.165, 1.54) is 4.90 Å². The Balaban J connectivity index is 1.86. The number of para-hydroxylation sites is 1. The zero-order chi connectivity index (χ0) is 15.2. The highest BCUT2D eigenvalue weighted by molar-refractivity contribution is 6.32. The molecule has 21 heavy (non-hydrogen) atoms. The normalized spacial score (nSPS) is 18.3. The molecule has 0 bridgehead atoms. The second kappa shape index (κ2) is 7.28. The minimum atomic E-state index is -1.06. The molecule has 1 saturated heterocycles. The molecule has 1 amide bonds. The van der Waals surface area contributed by atoms with Gasteiger partial charge >= 0.3 is 5.97 Å². The minimum Gasteiger partial charge on any atom is -0.491 e. The standard InChI is InChI=1S/C14H16ClNO5/c15-10-3-1-2-4-12(10)21-7-5-13(17)16-6-8-20-9-11(16)14(18)19/h1-4,11H,5-9H2,(H,18,19)/t11-/m1/s1. The van der Waals surface area contributed by atoms with Gasteiger partial charge in [-0.3, -0.25) is 4.79 Å². The number of hydrogen-bond donors (Lipinski definition) is 1. The summed E-state index contributed by atoms with van der Waals surface area (Å²) in [5.41, 5.74) is 0. The summed E-state index contributed by atoms with van der Waals surface area (Å²) in [6.45, 7) is 0.793. The Morgan fingerprint density at radius 1 is 1.43 bits per heavy atom. The average Bonchev–Trinajstić information content (AvgIpc) is 2.49. The van der Waals surface area contributed by atoms with Gasteiger partial charge in [0.15, 0.2) is 6.04 Å². The van der Waals surface area contributed by atoms with E-state index in [4.69, 9.17) is 26.2 Å². The van der Waals surface area contributed by atoms with Crippen LogP contribution in [0, 0.1) is 0 Å². The summed E-state index contributed by atoms with van der Waals surface area (Å²) >= 11 is 5.94. The van der Waals surface area contributed by atoms with Crippen LogP contribution in [0.5, 0.6) is 5.75 Å². The van der Waals surface area contributed by atoms with E-state index in [9.17, 15) is 9.59 Å². The molecule has 0 spiro atoms. The Labute approximate surface area is 127 Å². The van der Waals surface area contributed by atoms with Gasteiger partial charge in [0, 0.05) is 6.54 Å². The van der Waals surface area contributed by atoms with Crippen molar-refractivity contribution in [1.29, 1.82) is 0 Å². The maximum atomic E-state index is 12.1. The first-order chi connectivity index (χ1) is 10.1. The van der Waals surface area contributed by atoms with Gasteiger partial charge in [0.25, 0.3) is 0 Å². The molecule has 6 nitrogen and oxygen atoms in total. The molecule has 1 heterocycles. The van der Waals surface area contributed by atoms with Crippen LogP contribution < -0.4 is 4.74 Å². The lowest BCUT2D eigenvalue weighted by atomic mass is 10.2. The Kier molecular flexibility index (Phi) is 5.41. The summed E-state index contributed by atoms with van der Waals surface area (Å²) < 4.78 is 10.5. The third kappa shape index (κ3) is 4.09. The molecule has 1 atom stereocenters.